The van der Waals surface area contributed by atoms with Gasteiger partial charge >= 0.3 is 0 Å². The largest absolute Gasteiger partial charge is 0.288 e. The highest BCUT2D eigenvalue weighted by Crippen LogP contribution is 2.20. The van der Waals surface area contributed by atoms with Crippen LogP contribution in [0, 0.1) is 0 Å². The molecule has 0 aliphatic heterocycles. The summed E-state index contributed by atoms with van der Waals surface area (Å²) in [6, 6.07) is 1.83. The Morgan fingerprint density at radius 1 is 1.73 bits per heavy atom. The maximum atomic E-state index is 11.2. The number of hydrogen-bond donors (Lipinski definition) is 0. The summed E-state index contributed by atoms with van der Waals surface area (Å²) in [5.41, 5.74) is 0. The van der Waals surface area contributed by atoms with Gasteiger partial charge in [-0.2, -0.15) is 0 Å². The minimum absolute atomic E-state index is 0.0724. The first-order valence-corrected chi connectivity index (χ1v) is 4.82. The number of halogens is 1. The van der Waals surface area contributed by atoms with Crippen LogP contribution in [0.5, 0.6) is 0 Å². The Balaban J connectivity index is 2.85. The SMILES string of the molecule is C/C=C/C(=O)c1cc(Br)cs1. The van der Waals surface area contributed by atoms with Crippen molar-refractivity contribution in [2.24, 2.45) is 0 Å². The summed E-state index contributed by atoms with van der Waals surface area (Å²) in [5, 5.41) is 1.90. The van der Waals surface area contributed by atoms with E-state index in [4.69, 9.17) is 0 Å². The monoisotopic (exact) mass is 230 g/mol. The molecular weight excluding hydrogens is 224 g/mol. The van der Waals surface area contributed by atoms with Crippen LogP contribution in [0.4, 0.5) is 0 Å². The van der Waals surface area contributed by atoms with Crippen molar-refractivity contribution in [3.63, 3.8) is 0 Å². The average molecular weight is 231 g/mol. The fraction of sp³-hybridized carbons (Fsp3) is 0.125. The van der Waals surface area contributed by atoms with Crippen molar-refractivity contribution in [2.45, 2.75) is 6.92 Å². The van der Waals surface area contributed by atoms with E-state index in [1.54, 1.807) is 12.2 Å². The van der Waals surface area contributed by atoms with Crippen molar-refractivity contribution < 1.29 is 4.79 Å². The lowest BCUT2D eigenvalue weighted by molar-refractivity contribution is 0.105. The van der Waals surface area contributed by atoms with Gasteiger partial charge in [0.2, 0.25) is 0 Å². The fourth-order valence-electron chi connectivity index (χ4n) is 0.676. The molecule has 1 aromatic heterocycles. The van der Waals surface area contributed by atoms with Crippen LogP contribution >= 0.6 is 27.3 Å². The van der Waals surface area contributed by atoms with Gasteiger partial charge in [0.1, 0.15) is 0 Å². The van der Waals surface area contributed by atoms with E-state index in [0.29, 0.717) is 0 Å². The number of carbonyl (C=O) groups is 1. The Bertz CT molecular complexity index is 288. The number of allylic oxidation sites excluding steroid dienone is 2. The molecule has 1 rings (SSSR count). The normalized spacial score (nSPS) is 10.7. The van der Waals surface area contributed by atoms with E-state index in [0.717, 1.165) is 9.35 Å². The molecule has 11 heavy (non-hydrogen) atoms. The van der Waals surface area contributed by atoms with Gasteiger partial charge in [0.05, 0.1) is 4.88 Å². The summed E-state index contributed by atoms with van der Waals surface area (Å²) >= 11 is 4.74. The minimum atomic E-state index is 0.0724. The van der Waals surface area contributed by atoms with Crippen LogP contribution in [0.15, 0.2) is 28.1 Å². The number of rotatable bonds is 2. The molecule has 1 aromatic rings. The predicted molar refractivity (Wildman–Crippen MR) is 51.2 cm³/mol. The Kier molecular flexibility index (Phi) is 3.02. The Morgan fingerprint density at radius 2 is 2.45 bits per heavy atom. The molecule has 0 aliphatic rings. The molecule has 0 saturated heterocycles. The van der Waals surface area contributed by atoms with E-state index in [2.05, 4.69) is 15.9 Å². The van der Waals surface area contributed by atoms with Crippen LogP contribution in [-0.2, 0) is 0 Å². The smallest absolute Gasteiger partial charge is 0.195 e. The second-order valence-corrected chi connectivity index (χ2v) is 3.82. The van der Waals surface area contributed by atoms with Gasteiger partial charge in [-0.3, -0.25) is 4.79 Å². The van der Waals surface area contributed by atoms with Gasteiger partial charge in [-0.15, -0.1) is 11.3 Å². The van der Waals surface area contributed by atoms with Crippen LogP contribution in [0.25, 0.3) is 0 Å². The molecule has 1 heterocycles. The highest BCUT2D eigenvalue weighted by molar-refractivity contribution is 9.10. The maximum Gasteiger partial charge on any atom is 0.195 e. The van der Waals surface area contributed by atoms with E-state index in [9.17, 15) is 4.79 Å². The summed E-state index contributed by atoms with van der Waals surface area (Å²) in [5.74, 6) is 0.0724. The predicted octanol–water partition coefficient (Wildman–Crippen LogP) is 3.27. The Labute approximate surface area is 77.9 Å². The highest BCUT2D eigenvalue weighted by Gasteiger charge is 2.03. The maximum absolute atomic E-state index is 11.2. The van der Waals surface area contributed by atoms with E-state index >= 15 is 0 Å². The van der Waals surface area contributed by atoms with Crippen LogP contribution in [0.3, 0.4) is 0 Å². The number of ketones is 1. The minimum Gasteiger partial charge on any atom is -0.288 e. The van der Waals surface area contributed by atoms with Crippen LogP contribution in [0.2, 0.25) is 0 Å². The van der Waals surface area contributed by atoms with Gasteiger partial charge in [-0.25, -0.2) is 0 Å². The first-order chi connectivity index (χ1) is 5.24. The van der Waals surface area contributed by atoms with E-state index in [1.165, 1.54) is 11.3 Å². The van der Waals surface area contributed by atoms with Crippen LogP contribution in [-0.4, -0.2) is 5.78 Å². The van der Waals surface area contributed by atoms with Gasteiger partial charge in [0.25, 0.3) is 0 Å². The number of carbonyl (C=O) groups excluding carboxylic acids is 1. The van der Waals surface area contributed by atoms with Gasteiger partial charge in [-0.1, -0.05) is 6.08 Å². The molecular formula is C8H7BrOS. The molecule has 0 saturated carbocycles. The molecule has 0 N–H and O–H groups in total. The molecule has 0 atom stereocenters. The lowest BCUT2D eigenvalue weighted by atomic mass is 10.3. The number of hydrogen-bond acceptors (Lipinski definition) is 2. The highest BCUT2D eigenvalue weighted by atomic mass is 79.9. The van der Waals surface area contributed by atoms with Crippen molar-refractivity contribution in [3.8, 4) is 0 Å². The molecule has 58 valence electrons. The average Bonchev–Trinajstić information content (AvgIpc) is 2.36. The van der Waals surface area contributed by atoms with Crippen molar-refractivity contribution in [3.05, 3.63) is 32.9 Å². The third-order valence-electron chi connectivity index (χ3n) is 1.13. The van der Waals surface area contributed by atoms with Crippen molar-refractivity contribution in [1.29, 1.82) is 0 Å². The molecule has 0 radical (unpaired) electrons. The third-order valence-corrected chi connectivity index (χ3v) is 2.83. The van der Waals surface area contributed by atoms with Gasteiger partial charge in [-0.05, 0) is 35.0 Å². The molecule has 0 aliphatic carbocycles. The van der Waals surface area contributed by atoms with Crippen LogP contribution in [0.1, 0.15) is 16.6 Å². The molecule has 3 heteroatoms. The third kappa shape index (κ3) is 2.27. The quantitative estimate of drug-likeness (QED) is 0.563. The first-order valence-electron chi connectivity index (χ1n) is 3.15. The molecule has 1 nitrogen and oxygen atoms in total. The summed E-state index contributed by atoms with van der Waals surface area (Å²) in [6.07, 6.45) is 3.31. The van der Waals surface area contributed by atoms with Gasteiger partial charge < -0.3 is 0 Å². The van der Waals surface area contributed by atoms with E-state index in [1.807, 2.05) is 18.4 Å². The second kappa shape index (κ2) is 3.83. The molecule has 0 fully saturated rings. The zero-order chi connectivity index (χ0) is 8.27. The summed E-state index contributed by atoms with van der Waals surface area (Å²) in [4.78, 5) is 11.9. The van der Waals surface area contributed by atoms with Gasteiger partial charge in [0, 0.05) is 9.85 Å². The zero-order valence-electron chi connectivity index (χ0n) is 6.00. The summed E-state index contributed by atoms with van der Waals surface area (Å²) in [6.45, 7) is 1.83. The standard InChI is InChI=1S/C8H7BrOS/c1-2-3-7(10)8-4-6(9)5-11-8/h2-5H,1H3/b3-2+. The molecule has 0 spiro atoms. The van der Waals surface area contributed by atoms with Crippen molar-refractivity contribution >= 4 is 33.0 Å². The topological polar surface area (TPSA) is 17.1 Å². The summed E-state index contributed by atoms with van der Waals surface area (Å²) < 4.78 is 0.968. The van der Waals surface area contributed by atoms with Crippen LogP contribution < -0.4 is 0 Å². The summed E-state index contributed by atoms with van der Waals surface area (Å²) in [7, 11) is 0. The van der Waals surface area contributed by atoms with E-state index < -0.39 is 0 Å². The molecule has 0 amide bonds. The second-order valence-electron chi connectivity index (χ2n) is 1.99. The molecule has 0 bridgehead atoms. The Hall–Kier alpha value is -0.410. The van der Waals surface area contributed by atoms with Crippen molar-refractivity contribution in [2.75, 3.05) is 0 Å². The first kappa shape index (κ1) is 8.68. The molecule has 0 unspecified atom stereocenters. The lowest BCUT2D eigenvalue weighted by Gasteiger charge is -1.84. The zero-order valence-corrected chi connectivity index (χ0v) is 8.41. The van der Waals surface area contributed by atoms with Crippen molar-refractivity contribution in [1.82, 2.24) is 0 Å². The number of thiophene rings is 1. The Morgan fingerprint density at radius 3 is 2.91 bits per heavy atom. The lowest BCUT2D eigenvalue weighted by Crippen LogP contribution is -1.87. The molecule has 0 aromatic carbocycles. The van der Waals surface area contributed by atoms with Gasteiger partial charge in [0.15, 0.2) is 5.78 Å². The van der Waals surface area contributed by atoms with E-state index in [-0.39, 0.29) is 5.78 Å². The fourth-order valence-corrected chi connectivity index (χ4v) is 2.02.